The van der Waals surface area contributed by atoms with Gasteiger partial charge in [-0.25, -0.2) is 4.98 Å². The Morgan fingerprint density at radius 3 is 2.74 bits per heavy atom. The molecule has 0 N–H and O–H groups in total. The predicted octanol–water partition coefficient (Wildman–Crippen LogP) is 1.99. The first kappa shape index (κ1) is 16.1. The predicted molar refractivity (Wildman–Crippen MR) is 87.9 cm³/mol. The Kier molecular flexibility index (Phi) is 4.77. The highest BCUT2D eigenvalue weighted by molar-refractivity contribution is 5.61. The lowest BCUT2D eigenvalue weighted by atomic mass is 10.0. The van der Waals surface area contributed by atoms with Crippen LogP contribution >= 0.6 is 0 Å². The molecule has 7 heteroatoms. The van der Waals surface area contributed by atoms with Gasteiger partial charge in [0.25, 0.3) is 0 Å². The topological polar surface area (TPSA) is 71.7 Å². The number of piperidine rings is 1. The summed E-state index contributed by atoms with van der Waals surface area (Å²) in [6, 6.07) is 2.69. The Morgan fingerprint density at radius 1 is 1.35 bits per heavy atom. The number of ether oxygens (including phenoxy) is 1. The summed E-state index contributed by atoms with van der Waals surface area (Å²) in [7, 11) is 0. The second kappa shape index (κ2) is 6.80. The second-order valence-electron chi connectivity index (χ2n) is 6.44. The molecule has 0 bridgehead atoms. The van der Waals surface area contributed by atoms with Gasteiger partial charge in [0.15, 0.2) is 0 Å². The molecule has 1 aromatic heterocycles. The maximum atomic E-state index is 11.4. The summed E-state index contributed by atoms with van der Waals surface area (Å²) in [5.74, 6) is 0.517. The Hall–Kier alpha value is -1.73. The molecule has 0 amide bonds. The van der Waals surface area contributed by atoms with Crippen molar-refractivity contribution in [1.82, 2.24) is 9.88 Å². The zero-order valence-electron chi connectivity index (χ0n) is 13.8. The van der Waals surface area contributed by atoms with Crippen LogP contribution in [0.25, 0.3) is 0 Å². The Balaban J connectivity index is 1.70. The molecule has 2 aliphatic rings. The summed E-state index contributed by atoms with van der Waals surface area (Å²) in [5.41, 5.74) is 0.814. The van der Waals surface area contributed by atoms with E-state index in [9.17, 15) is 10.1 Å². The summed E-state index contributed by atoms with van der Waals surface area (Å²) in [4.78, 5) is 19.9. The first-order valence-electron chi connectivity index (χ1n) is 8.26. The number of aryl methyl sites for hydroxylation is 1. The maximum absolute atomic E-state index is 11.4. The van der Waals surface area contributed by atoms with Crippen molar-refractivity contribution < 1.29 is 9.66 Å². The SMILES string of the molecule is Cc1ccnc(N2CCC(N3CCOCC3C)CC2)c1[N+](=O)[O-]. The third-order valence-electron chi connectivity index (χ3n) is 4.94. The summed E-state index contributed by atoms with van der Waals surface area (Å²) < 4.78 is 5.51. The van der Waals surface area contributed by atoms with E-state index >= 15 is 0 Å². The first-order chi connectivity index (χ1) is 11.1. The van der Waals surface area contributed by atoms with E-state index in [-0.39, 0.29) is 10.6 Å². The smallest absolute Gasteiger partial charge is 0.314 e. The lowest BCUT2D eigenvalue weighted by Crippen LogP contribution is -2.53. The molecule has 1 atom stereocenters. The molecule has 7 nitrogen and oxygen atoms in total. The van der Waals surface area contributed by atoms with Crippen LogP contribution in [0.15, 0.2) is 12.3 Å². The standard InChI is InChI=1S/C16H24N4O3/c1-12-3-6-17-16(15(12)20(21)22)18-7-4-14(5-8-18)19-9-10-23-11-13(19)2/h3,6,13-14H,4-5,7-11H2,1-2H3. The number of nitro groups is 1. The Bertz CT molecular complexity index is 572. The van der Waals surface area contributed by atoms with Crippen molar-refractivity contribution in [1.29, 1.82) is 0 Å². The molecule has 1 unspecified atom stereocenters. The number of anilines is 1. The van der Waals surface area contributed by atoms with Crippen molar-refractivity contribution in [2.45, 2.75) is 38.8 Å². The van der Waals surface area contributed by atoms with Gasteiger partial charge in [0.05, 0.1) is 18.1 Å². The van der Waals surface area contributed by atoms with Gasteiger partial charge in [0, 0.05) is 43.5 Å². The van der Waals surface area contributed by atoms with Gasteiger partial charge < -0.3 is 9.64 Å². The summed E-state index contributed by atoms with van der Waals surface area (Å²) in [6.07, 6.45) is 3.68. The highest BCUT2D eigenvalue weighted by atomic mass is 16.6. The third-order valence-corrected chi connectivity index (χ3v) is 4.94. The van der Waals surface area contributed by atoms with E-state index in [1.165, 1.54) is 0 Å². The van der Waals surface area contributed by atoms with E-state index in [1.807, 2.05) is 0 Å². The van der Waals surface area contributed by atoms with Crippen LogP contribution < -0.4 is 4.90 Å². The molecule has 2 saturated heterocycles. The van der Waals surface area contributed by atoms with Crippen LogP contribution in [0.5, 0.6) is 0 Å². The minimum absolute atomic E-state index is 0.144. The molecule has 1 aromatic rings. The van der Waals surface area contributed by atoms with Gasteiger partial charge in [-0.05, 0) is 32.8 Å². The molecule has 2 fully saturated rings. The summed E-state index contributed by atoms with van der Waals surface area (Å²) in [5, 5.41) is 11.4. The molecule has 0 saturated carbocycles. The van der Waals surface area contributed by atoms with Crippen LogP contribution in [0, 0.1) is 17.0 Å². The minimum Gasteiger partial charge on any atom is -0.379 e. The van der Waals surface area contributed by atoms with Crippen LogP contribution in [-0.4, -0.2) is 59.7 Å². The molecule has 3 heterocycles. The molecular weight excluding hydrogens is 296 g/mol. The van der Waals surface area contributed by atoms with Gasteiger partial charge in [-0.2, -0.15) is 0 Å². The lowest BCUT2D eigenvalue weighted by Gasteiger charge is -2.43. The molecule has 0 aliphatic carbocycles. The van der Waals surface area contributed by atoms with E-state index in [4.69, 9.17) is 4.74 Å². The van der Waals surface area contributed by atoms with Gasteiger partial charge in [-0.1, -0.05) is 0 Å². The number of hydrogen-bond donors (Lipinski definition) is 0. The zero-order valence-corrected chi connectivity index (χ0v) is 13.8. The largest absolute Gasteiger partial charge is 0.379 e. The number of nitrogens with zero attached hydrogens (tertiary/aromatic N) is 4. The summed E-state index contributed by atoms with van der Waals surface area (Å²) in [6.45, 7) is 8.18. The fourth-order valence-corrected chi connectivity index (χ4v) is 3.68. The zero-order chi connectivity index (χ0) is 16.4. The van der Waals surface area contributed by atoms with E-state index < -0.39 is 0 Å². The van der Waals surface area contributed by atoms with E-state index in [1.54, 1.807) is 19.2 Å². The molecular formula is C16H24N4O3. The van der Waals surface area contributed by atoms with Crippen molar-refractivity contribution in [3.8, 4) is 0 Å². The van der Waals surface area contributed by atoms with E-state index in [0.717, 1.165) is 45.7 Å². The molecule has 0 spiro atoms. The minimum atomic E-state index is -0.312. The van der Waals surface area contributed by atoms with Crippen molar-refractivity contribution >= 4 is 11.5 Å². The van der Waals surface area contributed by atoms with Crippen LogP contribution in [0.4, 0.5) is 11.5 Å². The third kappa shape index (κ3) is 3.30. The summed E-state index contributed by atoms with van der Waals surface area (Å²) >= 11 is 0. The van der Waals surface area contributed by atoms with Crippen molar-refractivity contribution in [2.75, 3.05) is 37.7 Å². The Labute approximate surface area is 136 Å². The van der Waals surface area contributed by atoms with Gasteiger partial charge in [0.2, 0.25) is 5.82 Å². The molecule has 0 aromatic carbocycles. The number of hydrogen-bond acceptors (Lipinski definition) is 6. The molecule has 126 valence electrons. The molecule has 3 rings (SSSR count). The molecule has 0 radical (unpaired) electrons. The molecule has 23 heavy (non-hydrogen) atoms. The first-order valence-corrected chi connectivity index (χ1v) is 8.26. The fourth-order valence-electron chi connectivity index (χ4n) is 3.68. The van der Waals surface area contributed by atoms with Gasteiger partial charge in [-0.3, -0.25) is 15.0 Å². The average Bonchev–Trinajstić information content (AvgIpc) is 2.55. The average molecular weight is 320 g/mol. The van der Waals surface area contributed by atoms with E-state index in [0.29, 0.717) is 23.5 Å². The number of morpholine rings is 1. The van der Waals surface area contributed by atoms with Gasteiger partial charge in [-0.15, -0.1) is 0 Å². The van der Waals surface area contributed by atoms with Crippen LogP contribution in [-0.2, 0) is 4.74 Å². The van der Waals surface area contributed by atoms with Gasteiger partial charge in [0.1, 0.15) is 0 Å². The lowest BCUT2D eigenvalue weighted by molar-refractivity contribution is -0.384. The van der Waals surface area contributed by atoms with Crippen LogP contribution in [0.2, 0.25) is 0 Å². The second-order valence-corrected chi connectivity index (χ2v) is 6.44. The highest BCUT2D eigenvalue weighted by Crippen LogP contribution is 2.32. The van der Waals surface area contributed by atoms with Crippen molar-refractivity contribution in [3.63, 3.8) is 0 Å². The van der Waals surface area contributed by atoms with Crippen LogP contribution in [0.1, 0.15) is 25.3 Å². The maximum Gasteiger partial charge on any atom is 0.314 e. The fraction of sp³-hybridized carbons (Fsp3) is 0.688. The normalized spacial score (nSPS) is 23.9. The number of pyridine rings is 1. The van der Waals surface area contributed by atoms with Crippen molar-refractivity contribution in [3.05, 3.63) is 27.9 Å². The van der Waals surface area contributed by atoms with Gasteiger partial charge >= 0.3 is 5.69 Å². The Morgan fingerprint density at radius 2 is 2.09 bits per heavy atom. The van der Waals surface area contributed by atoms with E-state index in [2.05, 4.69) is 21.7 Å². The number of aromatic nitrogens is 1. The monoisotopic (exact) mass is 320 g/mol. The quantitative estimate of drug-likeness (QED) is 0.626. The molecule has 2 aliphatic heterocycles. The van der Waals surface area contributed by atoms with Crippen molar-refractivity contribution in [2.24, 2.45) is 0 Å². The highest BCUT2D eigenvalue weighted by Gasteiger charge is 2.32. The van der Waals surface area contributed by atoms with Crippen LogP contribution in [0.3, 0.4) is 0 Å². The number of rotatable bonds is 3.